The Balaban J connectivity index is 2.28. The van der Waals surface area contributed by atoms with Crippen LogP contribution in [0.25, 0.3) is 0 Å². The number of carboxylic acid groups (broad SMARTS) is 1. The summed E-state index contributed by atoms with van der Waals surface area (Å²) in [5, 5.41) is 14.0. The van der Waals surface area contributed by atoms with Gasteiger partial charge in [-0.25, -0.2) is 9.59 Å². The van der Waals surface area contributed by atoms with Gasteiger partial charge in [0.1, 0.15) is 17.9 Å². The Morgan fingerprint density at radius 2 is 1.95 bits per heavy atom. The minimum atomic E-state index is -1.26. The van der Waals surface area contributed by atoms with Crippen LogP contribution in [0.5, 0.6) is 5.75 Å². The number of benzene rings is 1. The van der Waals surface area contributed by atoms with Crippen molar-refractivity contribution in [3.63, 3.8) is 0 Å². The van der Waals surface area contributed by atoms with E-state index in [1.807, 2.05) is 30.3 Å². The van der Waals surface area contributed by atoms with Crippen LogP contribution in [0, 0.1) is 0 Å². The smallest absolute Gasteiger partial charge is 0.329 e. The molecule has 20 heavy (non-hydrogen) atoms. The Hall–Kier alpha value is -2.24. The van der Waals surface area contributed by atoms with E-state index in [0.717, 1.165) is 5.75 Å². The molecule has 2 amide bonds. The van der Waals surface area contributed by atoms with Crippen molar-refractivity contribution in [3.8, 4) is 5.75 Å². The quantitative estimate of drug-likeness (QED) is 0.662. The topological polar surface area (TPSA) is 87.7 Å². The van der Waals surface area contributed by atoms with Gasteiger partial charge in [-0.05, 0) is 25.5 Å². The Bertz CT molecular complexity index is 450. The van der Waals surface area contributed by atoms with E-state index in [1.165, 1.54) is 6.92 Å². The lowest BCUT2D eigenvalue weighted by Gasteiger charge is -2.24. The third kappa shape index (κ3) is 4.79. The summed E-state index contributed by atoms with van der Waals surface area (Å²) in [6.07, 6.45) is 0.302. The van der Waals surface area contributed by atoms with E-state index in [2.05, 4.69) is 10.6 Å². The van der Waals surface area contributed by atoms with Gasteiger partial charge in [-0.15, -0.1) is 0 Å². The van der Waals surface area contributed by atoms with Crippen LogP contribution < -0.4 is 15.4 Å². The Morgan fingerprint density at radius 1 is 1.30 bits per heavy atom. The van der Waals surface area contributed by atoms with E-state index in [4.69, 9.17) is 9.84 Å². The maximum absolute atomic E-state index is 11.6. The summed E-state index contributed by atoms with van der Waals surface area (Å²) in [6.45, 7) is 3.77. The summed E-state index contributed by atoms with van der Waals surface area (Å²) < 4.78 is 5.40. The van der Waals surface area contributed by atoms with Gasteiger partial charge in [0, 0.05) is 0 Å². The first kappa shape index (κ1) is 15.8. The SMILES string of the molecule is CCC(C)(NC(=O)NCCOc1ccccc1)C(=O)O. The van der Waals surface area contributed by atoms with Crippen LogP contribution >= 0.6 is 0 Å². The van der Waals surface area contributed by atoms with Crippen LogP contribution in [0.2, 0.25) is 0 Å². The number of amides is 2. The van der Waals surface area contributed by atoms with Crippen LogP contribution in [0.15, 0.2) is 30.3 Å². The van der Waals surface area contributed by atoms with Crippen molar-refractivity contribution in [2.45, 2.75) is 25.8 Å². The fraction of sp³-hybridized carbons (Fsp3) is 0.429. The number of urea groups is 1. The van der Waals surface area contributed by atoms with Gasteiger partial charge in [-0.3, -0.25) is 0 Å². The summed E-state index contributed by atoms with van der Waals surface area (Å²) in [6, 6.07) is 8.71. The van der Waals surface area contributed by atoms with Gasteiger partial charge >= 0.3 is 12.0 Å². The average Bonchev–Trinajstić information content (AvgIpc) is 2.44. The van der Waals surface area contributed by atoms with Gasteiger partial charge in [0.25, 0.3) is 0 Å². The number of hydrogen-bond donors (Lipinski definition) is 3. The number of carboxylic acids is 1. The second kappa shape index (κ2) is 7.37. The molecule has 0 bridgehead atoms. The second-order valence-electron chi connectivity index (χ2n) is 4.53. The van der Waals surface area contributed by atoms with Crippen LogP contribution in [-0.2, 0) is 4.79 Å². The molecule has 0 spiro atoms. The first-order valence-corrected chi connectivity index (χ1v) is 6.45. The molecule has 0 saturated heterocycles. The molecule has 0 saturated carbocycles. The number of carbonyl (C=O) groups excluding carboxylic acids is 1. The van der Waals surface area contributed by atoms with Gasteiger partial charge in [0.2, 0.25) is 0 Å². The summed E-state index contributed by atoms with van der Waals surface area (Å²) >= 11 is 0. The summed E-state index contributed by atoms with van der Waals surface area (Å²) in [5.41, 5.74) is -1.26. The van der Waals surface area contributed by atoms with Crippen LogP contribution in [0.3, 0.4) is 0 Å². The zero-order valence-corrected chi connectivity index (χ0v) is 11.7. The minimum Gasteiger partial charge on any atom is -0.492 e. The molecule has 0 radical (unpaired) electrons. The van der Waals surface area contributed by atoms with Crippen LogP contribution in [0.4, 0.5) is 4.79 Å². The highest BCUT2D eigenvalue weighted by Gasteiger charge is 2.32. The molecule has 6 heteroatoms. The maximum Gasteiger partial charge on any atom is 0.329 e. The summed E-state index contributed by atoms with van der Waals surface area (Å²) in [5.74, 6) is -0.339. The fourth-order valence-corrected chi connectivity index (χ4v) is 1.44. The first-order valence-electron chi connectivity index (χ1n) is 6.45. The predicted octanol–water partition coefficient (Wildman–Crippen LogP) is 1.62. The number of rotatable bonds is 7. The summed E-state index contributed by atoms with van der Waals surface area (Å²) in [7, 11) is 0. The molecule has 1 unspecified atom stereocenters. The van der Waals surface area contributed by atoms with E-state index in [1.54, 1.807) is 6.92 Å². The molecule has 0 aromatic heterocycles. The zero-order valence-electron chi connectivity index (χ0n) is 11.7. The normalized spacial score (nSPS) is 13.1. The Labute approximate surface area is 118 Å². The second-order valence-corrected chi connectivity index (χ2v) is 4.53. The predicted molar refractivity (Wildman–Crippen MR) is 74.8 cm³/mol. The Morgan fingerprint density at radius 3 is 2.50 bits per heavy atom. The molecule has 1 atom stereocenters. The molecule has 0 aliphatic carbocycles. The van der Waals surface area contributed by atoms with Crippen molar-refractivity contribution in [1.29, 1.82) is 0 Å². The highest BCUT2D eigenvalue weighted by molar-refractivity contribution is 5.85. The largest absolute Gasteiger partial charge is 0.492 e. The standard InChI is InChI=1S/C14H20N2O4/c1-3-14(2,12(17)18)16-13(19)15-9-10-20-11-7-5-4-6-8-11/h4-8H,3,9-10H2,1-2H3,(H,17,18)(H2,15,16,19). The lowest BCUT2D eigenvalue weighted by molar-refractivity contribution is -0.143. The van der Waals surface area contributed by atoms with E-state index in [9.17, 15) is 9.59 Å². The molecular formula is C14H20N2O4. The number of nitrogens with one attached hydrogen (secondary N) is 2. The molecular weight excluding hydrogens is 260 g/mol. The van der Waals surface area contributed by atoms with E-state index in [0.29, 0.717) is 19.6 Å². The van der Waals surface area contributed by atoms with E-state index in [-0.39, 0.29) is 0 Å². The highest BCUT2D eigenvalue weighted by Crippen LogP contribution is 2.09. The zero-order chi connectivity index (χ0) is 15.0. The van der Waals surface area contributed by atoms with Gasteiger partial charge in [-0.2, -0.15) is 0 Å². The summed E-state index contributed by atoms with van der Waals surface area (Å²) in [4.78, 5) is 22.6. The molecule has 0 heterocycles. The van der Waals surface area contributed by atoms with Gasteiger partial charge in [0.15, 0.2) is 0 Å². The fourth-order valence-electron chi connectivity index (χ4n) is 1.44. The van der Waals surface area contributed by atoms with E-state index >= 15 is 0 Å². The highest BCUT2D eigenvalue weighted by atomic mass is 16.5. The number of para-hydroxylation sites is 1. The van der Waals surface area contributed by atoms with Crippen LogP contribution in [-0.4, -0.2) is 35.8 Å². The van der Waals surface area contributed by atoms with Crippen molar-refractivity contribution in [2.75, 3.05) is 13.2 Å². The Kier molecular flexibility index (Phi) is 5.83. The van der Waals surface area contributed by atoms with Crippen molar-refractivity contribution >= 4 is 12.0 Å². The molecule has 3 N–H and O–H groups in total. The average molecular weight is 280 g/mol. The number of aliphatic carboxylic acids is 1. The molecule has 1 rings (SSSR count). The number of ether oxygens (including phenoxy) is 1. The third-order valence-electron chi connectivity index (χ3n) is 2.97. The van der Waals surface area contributed by atoms with Crippen molar-refractivity contribution in [1.82, 2.24) is 10.6 Å². The van der Waals surface area contributed by atoms with Crippen LogP contribution in [0.1, 0.15) is 20.3 Å². The lowest BCUT2D eigenvalue weighted by Crippen LogP contribution is -2.55. The van der Waals surface area contributed by atoms with Crippen molar-refractivity contribution < 1.29 is 19.4 Å². The lowest BCUT2D eigenvalue weighted by atomic mass is 10.00. The third-order valence-corrected chi connectivity index (χ3v) is 2.97. The first-order chi connectivity index (χ1) is 9.48. The molecule has 1 aromatic rings. The molecule has 0 aliphatic heterocycles. The van der Waals surface area contributed by atoms with Gasteiger partial charge < -0.3 is 20.5 Å². The minimum absolute atomic E-state index is 0.292. The van der Waals surface area contributed by atoms with Gasteiger partial charge in [0.05, 0.1) is 6.54 Å². The maximum atomic E-state index is 11.6. The van der Waals surface area contributed by atoms with Crippen molar-refractivity contribution in [2.24, 2.45) is 0 Å². The number of carbonyl (C=O) groups is 2. The molecule has 0 fully saturated rings. The van der Waals surface area contributed by atoms with Crippen molar-refractivity contribution in [3.05, 3.63) is 30.3 Å². The molecule has 1 aromatic carbocycles. The monoisotopic (exact) mass is 280 g/mol. The van der Waals surface area contributed by atoms with Gasteiger partial charge in [-0.1, -0.05) is 25.1 Å². The molecule has 0 aliphatic rings. The molecule has 6 nitrogen and oxygen atoms in total. The molecule has 110 valence electrons. The number of hydrogen-bond acceptors (Lipinski definition) is 3. The van der Waals surface area contributed by atoms with E-state index < -0.39 is 17.5 Å².